The zero-order valence-corrected chi connectivity index (χ0v) is 6.16. The summed E-state index contributed by atoms with van der Waals surface area (Å²) in [5, 5.41) is 18.3. The summed E-state index contributed by atoms with van der Waals surface area (Å²) >= 11 is 0. The van der Waals surface area contributed by atoms with Gasteiger partial charge in [0.1, 0.15) is 0 Å². The Balaban J connectivity index is 2.34. The van der Waals surface area contributed by atoms with E-state index in [4.69, 9.17) is 9.68 Å². The van der Waals surface area contributed by atoms with Gasteiger partial charge in [0.25, 0.3) is 0 Å². The fourth-order valence-electron chi connectivity index (χ4n) is 0.593. The van der Waals surface area contributed by atoms with Gasteiger partial charge in [-0.25, -0.2) is 0 Å². The zero-order valence-electron chi connectivity index (χ0n) is 6.16. The van der Waals surface area contributed by atoms with E-state index in [9.17, 15) is 0 Å². The van der Waals surface area contributed by atoms with Gasteiger partial charge in [0, 0.05) is 13.5 Å². The standard InChI is InChI=1S/C6H8N4O/c1-5-9-10-6(11-5)8-4-2-3-7/h2,4H2,1H3,(H,8,10). The summed E-state index contributed by atoms with van der Waals surface area (Å²) in [6, 6.07) is 2.37. The number of nitrogens with one attached hydrogen (secondary N) is 1. The van der Waals surface area contributed by atoms with E-state index in [2.05, 4.69) is 15.5 Å². The van der Waals surface area contributed by atoms with E-state index < -0.39 is 0 Å². The maximum absolute atomic E-state index is 8.19. The Hall–Kier alpha value is -1.57. The molecule has 1 N–H and O–H groups in total. The largest absolute Gasteiger partial charge is 0.408 e. The van der Waals surface area contributed by atoms with Crippen LogP contribution in [0.1, 0.15) is 12.3 Å². The van der Waals surface area contributed by atoms with Gasteiger partial charge in [-0.3, -0.25) is 0 Å². The highest BCUT2D eigenvalue weighted by atomic mass is 16.4. The van der Waals surface area contributed by atoms with Gasteiger partial charge < -0.3 is 9.73 Å². The molecule has 58 valence electrons. The molecular weight excluding hydrogens is 144 g/mol. The van der Waals surface area contributed by atoms with Gasteiger partial charge in [-0.15, -0.1) is 5.10 Å². The predicted octanol–water partition coefficient (Wildman–Crippen LogP) is 0.704. The maximum atomic E-state index is 8.19. The summed E-state index contributed by atoms with van der Waals surface area (Å²) in [4.78, 5) is 0. The molecule has 0 unspecified atom stereocenters. The molecule has 0 fully saturated rings. The number of hydrogen-bond donors (Lipinski definition) is 1. The van der Waals surface area contributed by atoms with Crippen molar-refractivity contribution in [3.63, 3.8) is 0 Å². The molecule has 0 atom stereocenters. The second-order valence-electron chi connectivity index (χ2n) is 1.96. The number of anilines is 1. The third-order valence-corrected chi connectivity index (χ3v) is 1.04. The Kier molecular flexibility index (Phi) is 2.44. The first-order valence-corrected chi connectivity index (χ1v) is 3.24. The fraction of sp³-hybridized carbons (Fsp3) is 0.500. The van der Waals surface area contributed by atoms with Crippen molar-refractivity contribution < 1.29 is 4.42 Å². The van der Waals surface area contributed by atoms with E-state index >= 15 is 0 Å². The van der Waals surface area contributed by atoms with Crippen molar-refractivity contribution in [3.05, 3.63) is 5.89 Å². The molecule has 0 radical (unpaired) electrons. The molecule has 0 aromatic carbocycles. The molecule has 0 amide bonds. The number of hydrogen-bond acceptors (Lipinski definition) is 5. The monoisotopic (exact) mass is 152 g/mol. The summed E-state index contributed by atoms with van der Waals surface area (Å²) in [6.45, 7) is 2.25. The summed E-state index contributed by atoms with van der Waals surface area (Å²) in [5.74, 6) is 0.518. The summed E-state index contributed by atoms with van der Waals surface area (Å²) in [7, 11) is 0. The van der Waals surface area contributed by atoms with E-state index in [-0.39, 0.29) is 0 Å². The Morgan fingerprint density at radius 2 is 2.45 bits per heavy atom. The highest BCUT2D eigenvalue weighted by molar-refractivity contribution is 5.16. The number of aromatic nitrogens is 2. The molecule has 5 nitrogen and oxygen atoms in total. The molecule has 11 heavy (non-hydrogen) atoms. The lowest BCUT2D eigenvalue weighted by Gasteiger charge is -1.92. The first-order chi connectivity index (χ1) is 5.33. The quantitative estimate of drug-likeness (QED) is 0.645. The molecule has 0 bridgehead atoms. The van der Waals surface area contributed by atoms with Crippen LogP contribution in [0.2, 0.25) is 0 Å². The van der Waals surface area contributed by atoms with Crippen LogP contribution < -0.4 is 5.32 Å². The van der Waals surface area contributed by atoms with Crippen molar-refractivity contribution in [3.8, 4) is 6.07 Å². The highest BCUT2D eigenvalue weighted by Crippen LogP contribution is 2.02. The second kappa shape index (κ2) is 3.56. The lowest BCUT2D eigenvalue weighted by molar-refractivity contribution is 0.531. The third-order valence-electron chi connectivity index (χ3n) is 1.04. The molecule has 0 aliphatic carbocycles. The Morgan fingerprint density at radius 1 is 1.64 bits per heavy atom. The molecule has 1 heterocycles. The first-order valence-electron chi connectivity index (χ1n) is 3.24. The molecule has 0 saturated heterocycles. The Labute approximate surface area is 64.0 Å². The van der Waals surface area contributed by atoms with Crippen LogP contribution >= 0.6 is 0 Å². The van der Waals surface area contributed by atoms with Gasteiger partial charge in [0.05, 0.1) is 12.5 Å². The number of rotatable bonds is 3. The van der Waals surface area contributed by atoms with E-state index in [0.29, 0.717) is 24.9 Å². The topological polar surface area (TPSA) is 74.7 Å². The van der Waals surface area contributed by atoms with Crippen molar-refractivity contribution in [1.29, 1.82) is 5.26 Å². The number of nitriles is 1. The minimum atomic E-state index is 0.373. The predicted molar refractivity (Wildman–Crippen MR) is 37.8 cm³/mol. The smallest absolute Gasteiger partial charge is 0.315 e. The van der Waals surface area contributed by atoms with Gasteiger partial charge in [-0.2, -0.15) is 5.26 Å². The molecule has 0 spiro atoms. The van der Waals surface area contributed by atoms with E-state index in [1.54, 1.807) is 6.92 Å². The van der Waals surface area contributed by atoms with E-state index in [1.165, 1.54) is 0 Å². The molecule has 1 aromatic rings. The molecule has 5 heteroatoms. The summed E-state index contributed by atoms with van der Waals surface area (Å²) in [5.41, 5.74) is 0. The van der Waals surface area contributed by atoms with Crippen molar-refractivity contribution >= 4 is 6.01 Å². The van der Waals surface area contributed by atoms with Crippen molar-refractivity contribution in [1.82, 2.24) is 10.2 Å². The van der Waals surface area contributed by atoms with Crippen LogP contribution in [-0.4, -0.2) is 16.7 Å². The normalized spacial score (nSPS) is 9.09. The Bertz CT molecular complexity index is 262. The number of nitrogens with zero attached hydrogens (tertiary/aromatic N) is 3. The lowest BCUT2D eigenvalue weighted by Crippen LogP contribution is -1.99. The van der Waals surface area contributed by atoms with Crippen molar-refractivity contribution in [2.45, 2.75) is 13.3 Å². The molecule has 0 aliphatic rings. The minimum Gasteiger partial charge on any atom is -0.408 e. The van der Waals surface area contributed by atoms with Crippen LogP contribution in [0.4, 0.5) is 6.01 Å². The average molecular weight is 152 g/mol. The van der Waals surface area contributed by atoms with Gasteiger partial charge in [0.15, 0.2) is 0 Å². The highest BCUT2D eigenvalue weighted by Gasteiger charge is 1.98. The van der Waals surface area contributed by atoms with Crippen LogP contribution in [0.5, 0.6) is 0 Å². The fourth-order valence-corrected chi connectivity index (χ4v) is 0.593. The minimum absolute atomic E-state index is 0.373. The van der Waals surface area contributed by atoms with E-state index in [1.807, 2.05) is 6.07 Å². The van der Waals surface area contributed by atoms with Crippen LogP contribution in [0.25, 0.3) is 0 Å². The molecule has 1 rings (SSSR count). The number of aryl methyl sites for hydroxylation is 1. The van der Waals surface area contributed by atoms with Gasteiger partial charge in [0.2, 0.25) is 5.89 Å². The van der Waals surface area contributed by atoms with Gasteiger partial charge in [-0.05, 0) is 0 Å². The van der Waals surface area contributed by atoms with E-state index in [0.717, 1.165) is 0 Å². The van der Waals surface area contributed by atoms with Crippen LogP contribution in [0.15, 0.2) is 4.42 Å². The second-order valence-corrected chi connectivity index (χ2v) is 1.96. The van der Waals surface area contributed by atoms with Gasteiger partial charge in [-0.1, -0.05) is 5.10 Å². The molecule has 0 saturated carbocycles. The molecule has 0 aliphatic heterocycles. The summed E-state index contributed by atoms with van der Waals surface area (Å²) in [6.07, 6.45) is 0.432. The SMILES string of the molecule is Cc1nnc(NCCC#N)o1. The van der Waals surface area contributed by atoms with Crippen LogP contribution in [0.3, 0.4) is 0 Å². The van der Waals surface area contributed by atoms with Crippen LogP contribution in [0, 0.1) is 18.3 Å². The zero-order chi connectivity index (χ0) is 8.10. The van der Waals surface area contributed by atoms with Gasteiger partial charge >= 0.3 is 6.01 Å². The maximum Gasteiger partial charge on any atom is 0.315 e. The first kappa shape index (κ1) is 7.54. The Morgan fingerprint density at radius 3 is 3.00 bits per heavy atom. The average Bonchev–Trinajstić information content (AvgIpc) is 2.37. The van der Waals surface area contributed by atoms with Crippen molar-refractivity contribution in [2.75, 3.05) is 11.9 Å². The molecule has 1 aromatic heterocycles. The molecular formula is C6H8N4O. The third kappa shape index (κ3) is 2.26. The van der Waals surface area contributed by atoms with Crippen molar-refractivity contribution in [2.24, 2.45) is 0 Å². The summed E-state index contributed by atoms with van der Waals surface area (Å²) < 4.78 is 4.99. The lowest BCUT2D eigenvalue weighted by atomic mass is 10.5. The van der Waals surface area contributed by atoms with Crippen LogP contribution in [-0.2, 0) is 0 Å².